The lowest BCUT2D eigenvalue weighted by atomic mass is 9.96. The maximum Gasteiger partial charge on any atom is 0.253 e. The third-order valence-corrected chi connectivity index (χ3v) is 5.59. The number of benzene rings is 1. The van der Waals surface area contributed by atoms with Gasteiger partial charge in [-0.25, -0.2) is 0 Å². The number of aryl methyl sites for hydroxylation is 1. The molecule has 0 unspecified atom stereocenters. The highest BCUT2D eigenvalue weighted by Crippen LogP contribution is 2.21. The summed E-state index contributed by atoms with van der Waals surface area (Å²) in [6.45, 7) is 3.99. The zero-order valence-corrected chi connectivity index (χ0v) is 15.2. The molecular formula is C18H23N3O3S. The zero-order chi connectivity index (χ0) is 17.8. The van der Waals surface area contributed by atoms with E-state index in [1.165, 1.54) is 0 Å². The average Bonchev–Trinajstić information content (AvgIpc) is 2.63. The molecule has 0 saturated carbocycles. The number of carbonyl (C=O) groups excluding carboxylic acids is 3. The zero-order valence-electron chi connectivity index (χ0n) is 14.3. The van der Waals surface area contributed by atoms with Crippen molar-refractivity contribution in [2.45, 2.75) is 19.8 Å². The summed E-state index contributed by atoms with van der Waals surface area (Å²) in [5.41, 5.74) is 2.20. The van der Waals surface area contributed by atoms with E-state index in [4.69, 9.17) is 0 Å². The van der Waals surface area contributed by atoms with E-state index in [-0.39, 0.29) is 30.1 Å². The number of nitrogens with zero attached hydrogens (tertiary/aromatic N) is 1. The largest absolute Gasteiger partial charge is 0.356 e. The Labute approximate surface area is 151 Å². The smallest absolute Gasteiger partial charge is 0.253 e. The van der Waals surface area contributed by atoms with Crippen molar-refractivity contribution in [3.8, 4) is 0 Å². The van der Waals surface area contributed by atoms with Crippen LogP contribution < -0.4 is 10.6 Å². The lowest BCUT2D eigenvalue weighted by Gasteiger charge is -2.26. The monoisotopic (exact) mass is 361 g/mol. The predicted molar refractivity (Wildman–Crippen MR) is 98.8 cm³/mol. The van der Waals surface area contributed by atoms with Crippen LogP contribution in [-0.4, -0.2) is 53.8 Å². The van der Waals surface area contributed by atoms with Crippen LogP contribution in [0.1, 0.15) is 28.8 Å². The van der Waals surface area contributed by atoms with Crippen LogP contribution in [0, 0.1) is 12.8 Å². The molecule has 0 radical (unpaired) electrons. The van der Waals surface area contributed by atoms with E-state index < -0.39 is 0 Å². The van der Waals surface area contributed by atoms with E-state index in [0.717, 1.165) is 30.2 Å². The van der Waals surface area contributed by atoms with E-state index in [0.29, 0.717) is 24.2 Å². The van der Waals surface area contributed by atoms with Gasteiger partial charge in [0.25, 0.3) is 5.91 Å². The van der Waals surface area contributed by atoms with Crippen molar-refractivity contribution in [3.05, 3.63) is 29.3 Å². The topological polar surface area (TPSA) is 78.5 Å². The van der Waals surface area contributed by atoms with E-state index in [2.05, 4.69) is 10.6 Å². The van der Waals surface area contributed by atoms with Gasteiger partial charge in [-0.3, -0.25) is 14.4 Å². The Morgan fingerprint density at radius 1 is 1.28 bits per heavy atom. The van der Waals surface area contributed by atoms with Crippen molar-refractivity contribution >= 4 is 35.2 Å². The van der Waals surface area contributed by atoms with Gasteiger partial charge in [-0.1, -0.05) is 0 Å². The third kappa shape index (κ3) is 4.34. The highest BCUT2D eigenvalue weighted by atomic mass is 32.2. The van der Waals surface area contributed by atoms with Gasteiger partial charge in [-0.15, -0.1) is 0 Å². The summed E-state index contributed by atoms with van der Waals surface area (Å²) in [6.07, 6.45) is 0.884. The predicted octanol–water partition coefficient (Wildman–Crippen LogP) is 1.65. The highest BCUT2D eigenvalue weighted by Gasteiger charge is 2.26. The standard InChI is InChI=1S/C18H23N3O3S/c1-12-10-14(18(24)21-6-8-25-9-7-21)2-3-15(12)20-17(23)13-4-5-19-16(22)11-13/h2-3,10,13H,4-9,11H2,1H3,(H,19,22)(H,20,23)/t13-/m1/s1. The van der Waals surface area contributed by atoms with Crippen LogP contribution in [0.3, 0.4) is 0 Å². The Morgan fingerprint density at radius 3 is 2.72 bits per heavy atom. The van der Waals surface area contributed by atoms with Gasteiger partial charge in [0.15, 0.2) is 0 Å². The first-order valence-corrected chi connectivity index (χ1v) is 9.75. The number of thioether (sulfide) groups is 1. The van der Waals surface area contributed by atoms with Crippen LogP contribution in [-0.2, 0) is 9.59 Å². The van der Waals surface area contributed by atoms with Gasteiger partial charge < -0.3 is 15.5 Å². The number of anilines is 1. The van der Waals surface area contributed by atoms with Gasteiger partial charge >= 0.3 is 0 Å². The molecule has 134 valence electrons. The van der Waals surface area contributed by atoms with Crippen molar-refractivity contribution < 1.29 is 14.4 Å². The molecule has 3 rings (SSSR count). The third-order valence-electron chi connectivity index (χ3n) is 4.65. The molecule has 0 aromatic heterocycles. The van der Waals surface area contributed by atoms with Crippen LogP contribution in [0.25, 0.3) is 0 Å². The lowest BCUT2D eigenvalue weighted by molar-refractivity contribution is -0.129. The molecule has 6 nitrogen and oxygen atoms in total. The van der Waals surface area contributed by atoms with Crippen LogP contribution in [0.2, 0.25) is 0 Å². The molecule has 2 aliphatic heterocycles. The number of carbonyl (C=O) groups is 3. The molecule has 0 spiro atoms. The van der Waals surface area contributed by atoms with Crippen molar-refractivity contribution in [2.75, 3.05) is 36.5 Å². The molecule has 2 N–H and O–H groups in total. The number of nitrogens with one attached hydrogen (secondary N) is 2. The van der Waals surface area contributed by atoms with Crippen molar-refractivity contribution in [1.82, 2.24) is 10.2 Å². The summed E-state index contributed by atoms with van der Waals surface area (Å²) in [6, 6.07) is 5.37. The SMILES string of the molecule is Cc1cc(C(=O)N2CCSCC2)ccc1NC(=O)[C@@H]1CCNC(=O)C1. The molecule has 2 heterocycles. The molecule has 2 fully saturated rings. The fraction of sp³-hybridized carbons (Fsp3) is 0.500. The summed E-state index contributed by atoms with van der Waals surface area (Å²) >= 11 is 1.87. The molecule has 25 heavy (non-hydrogen) atoms. The molecule has 3 amide bonds. The second-order valence-corrected chi connectivity index (χ2v) is 7.69. The second-order valence-electron chi connectivity index (χ2n) is 6.46. The van der Waals surface area contributed by atoms with Gasteiger partial charge in [0.05, 0.1) is 0 Å². The minimum atomic E-state index is -0.291. The molecule has 2 aliphatic rings. The van der Waals surface area contributed by atoms with Crippen LogP contribution in [0.15, 0.2) is 18.2 Å². The number of amides is 3. The summed E-state index contributed by atoms with van der Waals surface area (Å²) in [5.74, 6) is 1.50. The quantitative estimate of drug-likeness (QED) is 0.858. The minimum Gasteiger partial charge on any atom is -0.356 e. The Hall–Kier alpha value is -2.02. The van der Waals surface area contributed by atoms with Gasteiger partial charge in [-0.05, 0) is 37.1 Å². The summed E-state index contributed by atoms with van der Waals surface area (Å²) < 4.78 is 0. The average molecular weight is 361 g/mol. The molecule has 2 saturated heterocycles. The van der Waals surface area contributed by atoms with Gasteiger partial charge in [0, 0.05) is 54.7 Å². The molecular weight excluding hydrogens is 338 g/mol. The van der Waals surface area contributed by atoms with Gasteiger partial charge in [0.1, 0.15) is 0 Å². The van der Waals surface area contributed by atoms with E-state index in [9.17, 15) is 14.4 Å². The van der Waals surface area contributed by atoms with Gasteiger partial charge in [-0.2, -0.15) is 11.8 Å². The number of hydrogen-bond acceptors (Lipinski definition) is 4. The molecule has 0 aliphatic carbocycles. The van der Waals surface area contributed by atoms with E-state index in [1.54, 1.807) is 12.1 Å². The first-order chi connectivity index (χ1) is 12.0. The second kappa shape index (κ2) is 7.91. The fourth-order valence-corrected chi connectivity index (χ4v) is 4.03. The van der Waals surface area contributed by atoms with E-state index in [1.807, 2.05) is 29.7 Å². The molecule has 1 aromatic carbocycles. The normalized spacial score (nSPS) is 20.8. The van der Waals surface area contributed by atoms with Crippen molar-refractivity contribution in [1.29, 1.82) is 0 Å². The molecule has 7 heteroatoms. The maximum atomic E-state index is 12.6. The van der Waals surface area contributed by atoms with E-state index >= 15 is 0 Å². The van der Waals surface area contributed by atoms with Crippen molar-refractivity contribution in [3.63, 3.8) is 0 Å². The summed E-state index contributed by atoms with van der Waals surface area (Å²) in [5, 5.41) is 5.63. The summed E-state index contributed by atoms with van der Waals surface area (Å²) in [4.78, 5) is 38.2. The number of rotatable bonds is 3. The lowest BCUT2D eigenvalue weighted by Crippen LogP contribution is -2.38. The Bertz CT molecular complexity index is 686. The fourth-order valence-electron chi connectivity index (χ4n) is 3.13. The van der Waals surface area contributed by atoms with Crippen molar-refractivity contribution in [2.24, 2.45) is 5.92 Å². The molecule has 1 aromatic rings. The van der Waals surface area contributed by atoms with Crippen LogP contribution in [0.4, 0.5) is 5.69 Å². The number of piperidine rings is 1. The van der Waals surface area contributed by atoms with Gasteiger partial charge in [0.2, 0.25) is 11.8 Å². The molecule has 1 atom stereocenters. The molecule has 0 bridgehead atoms. The minimum absolute atomic E-state index is 0.0465. The highest BCUT2D eigenvalue weighted by molar-refractivity contribution is 7.99. The Morgan fingerprint density at radius 2 is 2.04 bits per heavy atom. The van der Waals surface area contributed by atoms with Crippen LogP contribution in [0.5, 0.6) is 0 Å². The Balaban J connectivity index is 1.66. The first kappa shape index (κ1) is 17.8. The van der Waals surface area contributed by atoms with Crippen LogP contribution >= 0.6 is 11.8 Å². The Kier molecular flexibility index (Phi) is 5.63. The summed E-state index contributed by atoms with van der Waals surface area (Å²) in [7, 11) is 0. The first-order valence-electron chi connectivity index (χ1n) is 8.60. The number of hydrogen-bond donors (Lipinski definition) is 2. The maximum absolute atomic E-state index is 12.6.